The molecule has 106 heavy (non-hydrogen) atoms. The van der Waals surface area contributed by atoms with Crippen LogP contribution in [0.5, 0.6) is 0 Å². The standard InChI is InChI=1S/C87H165NO18/c1-3-5-7-9-11-13-15-17-19-21-23-25-27-28-29-30-31-32-33-34-35-36-37-38-39-40-41-42-43-45-47-49-51-53-55-57-59-61-63-65-75(93)88-70(71(92)64-62-60-58-56-54-52-50-48-46-44-26-24-22-20-18-16-14-12-10-8-6-4-2)69-101-85-81(99)78(96)83(73(67-90)103-85)106-87-82(100)79(97)84(74(68-91)104-87)105-86-80(98)77(95)76(94)72(66-89)102-86/h21,23,62,64,70-74,76-87,89-92,94-100H,3-20,22,24-61,63,65-69H2,1-2H3,(H,88,93)/b23-21-,64-62+. The topological polar surface area (TPSA) is 307 Å². The minimum absolute atomic E-state index is 0.249. The van der Waals surface area contributed by atoms with Gasteiger partial charge in [-0.3, -0.25) is 4.79 Å². The van der Waals surface area contributed by atoms with Gasteiger partial charge in [0.15, 0.2) is 18.9 Å². The SMILES string of the molecule is CCCCCCCCCC/C=C\CCCCCCCCCCCCCCCCCCCCCCCCCCCCCC(=O)NC(COC1OC(CO)C(OC2OC(CO)C(OC3OC(CO)C(O)C(O)C3O)C(O)C2O)C(O)C1O)C(O)/C=C/CCCCCCCCCCCCCCCCCCCCCC. The van der Waals surface area contributed by atoms with Crippen LogP contribution in [-0.4, -0.2) is 193 Å². The molecule has 0 aromatic carbocycles. The third-order valence-corrected chi connectivity index (χ3v) is 22.5. The van der Waals surface area contributed by atoms with Crippen molar-refractivity contribution < 1.29 is 89.4 Å². The number of carbonyl (C=O) groups is 1. The molecule has 0 bridgehead atoms. The molecule has 17 unspecified atom stereocenters. The molecule has 1 amide bonds. The van der Waals surface area contributed by atoms with Gasteiger partial charge in [0.1, 0.15) is 73.2 Å². The molecular formula is C87H165NO18. The van der Waals surface area contributed by atoms with Crippen LogP contribution in [0.15, 0.2) is 24.3 Å². The summed E-state index contributed by atoms with van der Waals surface area (Å²) >= 11 is 0. The molecule has 0 spiro atoms. The van der Waals surface area contributed by atoms with Gasteiger partial charge in [-0.1, -0.05) is 366 Å². The second kappa shape index (κ2) is 67.7. The van der Waals surface area contributed by atoms with Gasteiger partial charge in [0.25, 0.3) is 0 Å². The van der Waals surface area contributed by atoms with E-state index < -0.39 is 124 Å². The quantitative estimate of drug-likeness (QED) is 0.0199. The molecule has 3 heterocycles. The van der Waals surface area contributed by atoms with Crippen LogP contribution in [0.4, 0.5) is 0 Å². The maximum Gasteiger partial charge on any atom is 0.220 e. The Morgan fingerprint density at radius 3 is 0.915 bits per heavy atom. The molecule has 3 aliphatic rings. The van der Waals surface area contributed by atoms with E-state index in [4.69, 9.17) is 28.4 Å². The lowest BCUT2D eigenvalue weighted by atomic mass is 9.96. The molecule has 3 fully saturated rings. The molecule has 0 aliphatic carbocycles. The normalized spacial score (nSPS) is 25.7. The first-order valence-corrected chi connectivity index (χ1v) is 44.6. The van der Waals surface area contributed by atoms with Crippen molar-refractivity contribution in [3.8, 4) is 0 Å². The number of ether oxygens (including phenoxy) is 6. The Labute approximate surface area is 645 Å². The van der Waals surface area contributed by atoms with Crippen LogP contribution in [-0.2, 0) is 33.2 Å². The molecule has 3 rings (SSSR count). The van der Waals surface area contributed by atoms with Crippen molar-refractivity contribution in [2.24, 2.45) is 0 Å². The zero-order chi connectivity index (χ0) is 76.7. The van der Waals surface area contributed by atoms with Gasteiger partial charge in [0.2, 0.25) is 5.91 Å². The van der Waals surface area contributed by atoms with Crippen LogP contribution in [0.25, 0.3) is 0 Å². The van der Waals surface area contributed by atoms with E-state index in [-0.39, 0.29) is 18.9 Å². The maximum absolute atomic E-state index is 13.5. The lowest BCUT2D eigenvalue weighted by Crippen LogP contribution is -2.66. The third-order valence-electron chi connectivity index (χ3n) is 22.5. The van der Waals surface area contributed by atoms with E-state index in [0.29, 0.717) is 6.42 Å². The highest BCUT2D eigenvalue weighted by Gasteiger charge is 2.54. The van der Waals surface area contributed by atoms with Gasteiger partial charge in [-0.15, -0.1) is 0 Å². The van der Waals surface area contributed by atoms with Crippen LogP contribution < -0.4 is 5.32 Å². The van der Waals surface area contributed by atoms with Crippen LogP contribution in [0.2, 0.25) is 0 Å². The Balaban J connectivity index is 1.30. The minimum atomic E-state index is -1.98. The highest BCUT2D eigenvalue weighted by molar-refractivity contribution is 5.76. The fourth-order valence-corrected chi connectivity index (χ4v) is 15.4. The number of allylic oxidation sites excluding steroid dienone is 3. The van der Waals surface area contributed by atoms with E-state index in [9.17, 15) is 61.0 Å². The maximum atomic E-state index is 13.5. The number of hydrogen-bond acceptors (Lipinski definition) is 18. The Morgan fingerprint density at radius 1 is 0.330 bits per heavy atom. The molecule has 17 atom stereocenters. The summed E-state index contributed by atoms with van der Waals surface area (Å²) < 4.78 is 34.5. The Morgan fingerprint density at radius 2 is 0.594 bits per heavy atom. The van der Waals surface area contributed by atoms with Gasteiger partial charge in [0.05, 0.1) is 38.6 Å². The predicted molar refractivity (Wildman–Crippen MR) is 425 cm³/mol. The largest absolute Gasteiger partial charge is 0.394 e. The summed E-state index contributed by atoms with van der Waals surface area (Å²) in [6.07, 6.45) is 57.7. The molecule has 0 aromatic heterocycles. The molecule has 12 N–H and O–H groups in total. The monoisotopic (exact) mass is 1510 g/mol. The van der Waals surface area contributed by atoms with E-state index in [1.807, 2.05) is 6.08 Å². The third kappa shape index (κ3) is 46.4. The van der Waals surface area contributed by atoms with Gasteiger partial charge < -0.3 is 89.9 Å². The van der Waals surface area contributed by atoms with Crippen molar-refractivity contribution >= 4 is 5.91 Å². The smallest absolute Gasteiger partial charge is 0.220 e. The Hall–Kier alpha value is -1.73. The van der Waals surface area contributed by atoms with E-state index in [1.165, 1.54) is 321 Å². The summed E-state index contributed by atoms with van der Waals surface area (Å²) in [6, 6.07) is -0.972. The van der Waals surface area contributed by atoms with E-state index in [2.05, 4.69) is 31.3 Å². The second-order valence-electron chi connectivity index (χ2n) is 32.1. The number of aliphatic hydroxyl groups excluding tert-OH is 11. The second-order valence-corrected chi connectivity index (χ2v) is 32.1. The highest BCUT2D eigenvalue weighted by Crippen LogP contribution is 2.34. The highest BCUT2D eigenvalue weighted by atomic mass is 16.8. The molecule has 0 aromatic rings. The summed E-state index contributed by atoms with van der Waals surface area (Å²) in [5.74, 6) is -0.266. The summed E-state index contributed by atoms with van der Waals surface area (Å²) in [7, 11) is 0. The van der Waals surface area contributed by atoms with Crippen molar-refractivity contribution in [3.63, 3.8) is 0 Å². The number of rotatable bonds is 73. The van der Waals surface area contributed by atoms with Crippen molar-refractivity contribution in [2.45, 2.75) is 497 Å². The lowest BCUT2D eigenvalue weighted by molar-refractivity contribution is -0.379. The summed E-state index contributed by atoms with van der Waals surface area (Å²) in [6.45, 7) is 1.80. The molecule has 3 aliphatic heterocycles. The zero-order valence-corrected chi connectivity index (χ0v) is 67.4. The number of aliphatic hydroxyl groups is 11. The van der Waals surface area contributed by atoms with Gasteiger partial charge >= 0.3 is 0 Å². The molecule has 626 valence electrons. The first-order valence-electron chi connectivity index (χ1n) is 44.6. The first-order chi connectivity index (χ1) is 51.8. The van der Waals surface area contributed by atoms with Crippen molar-refractivity contribution in [1.82, 2.24) is 5.32 Å². The van der Waals surface area contributed by atoms with E-state index in [0.717, 1.165) is 44.9 Å². The molecule has 3 saturated heterocycles. The number of amides is 1. The average molecular weight is 1510 g/mol. The molecule has 19 heteroatoms. The van der Waals surface area contributed by atoms with Gasteiger partial charge in [-0.05, 0) is 44.9 Å². The predicted octanol–water partition coefficient (Wildman–Crippen LogP) is 16.5. The van der Waals surface area contributed by atoms with Crippen LogP contribution in [0.1, 0.15) is 393 Å². The molecule has 0 radical (unpaired) electrons. The summed E-state index contributed by atoms with van der Waals surface area (Å²) in [4.78, 5) is 13.5. The van der Waals surface area contributed by atoms with Gasteiger partial charge in [-0.2, -0.15) is 0 Å². The van der Waals surface area contributed by atoms with E-state index >= 15 is 0 Å². The molecular weight excluding hydrogens is 1350 g/mol. The minimum Gasteiger partial charge on any atom is -0.394 e. The fraction of sp³-hybridized carbons (Fsp3) is 0.943. The molecule has 19 nitrogen and oxygen atoms in total. The van der Waals surface area contributed by atoms with Crippen molar-refractivity contribution in [1.29, 1.82) is 0 Å². The Kier molecular flexibility index (Phi) is 62.9. The van der Waals surface area contributed by atoms with Crippen LogP contribution in [0, 0.1) is 0 Å². The number of nitrogens with one attached hydrogen (secondary N) is 1. The van der Waals surface area contributed by atoms with Crippen molar-refractivity contribution in [2.75, 3.05) is 26.4 Å². The zero-order valence-electron chi connectivity index (χ0n) is 67.4. The lowest BCUT2D eigenvalue weighted by Gasteiger charge is -2.48. The number of hydrogen-bond donors (Lipinski definition) is 12. The fourth-order valence-electron chi connectivity index (χ4n) is 15.4. The molecule has 0 saturated carbocycles. The summed E-state index contributed by atoms with van der Waals surface area (Å²) in [5.41, 5.74) is 0. The van der Waals surface area contributed by atoms with Crippen LogP contribution >= 0.6 is 0 Å². The average Bonchev–Trinajstić information content (AvgIpc) is 0.780. The van der Waals surface area contributed by atoms with Gasteiger partial charge in [-0.25, -0.2) is 0 Å². The first kappa shape index (κ1) is 98.5. The van der Waals surface area contributed by atoms with E-state index in [1.54, 1.807) is 6.08 Å². The number of carbonyl (C=O) groups excluding carboxylic acids is 1. The van der Waals surface area contributed by atoms with Crippen molar-refractivity contribution in [3.05, 3.63) is 24.3 Å². The van der Waals surface area contributed by atoms with Crippen LogP contribution in [0.3, 0.4) is 0 Å². The van der Waals surface area contributed by atoms with Gasteiger partial charge in [0, 0.05) is 6.42 Å². The summed E-state index contributed by atoms with van der Waals surface area (Å²) in [5, 5.41) is 121. The Bertz CT molecular complexity index is 2000. The number of unbranched alkanes of at least 4 members (excludes halogenated alkanes) is 55.